The number of hydrogen-bond acceptors (Lipinski definition) is 7. The number of ether oxygens (including phenoxy) is 2. The Hall–Kier alpha value is -2.72. The van der Waals surface area contributed by atoms with Crippen molar-refractivity contribution in [1.29, 1.82) is 0 Å². The highest BCUT2D eigenvalue weighted by molar-refractivity contribution is 5.91. The molecular formula is C21H22F3N3O4. The van der Waals surface area contributed by atoms with Gasteiger partial charge in [-0.1, -0.05) is 6.42 Å². The number of nitrogens with zero attached hydrogens (tertiary/aromatic N) is 3. The number of aromatic nitrogens is 2. The Kier molecular flexibility index (Phi) is 6.10. The predicted molar refractivity (Wildman–Crippen MR) is 106 cm³/mol. The van der Waals surface area contributed by atoms with Crippen molar-refractivity contribution < 1.29 is 32.9 Å². The van der Waals surface area contributed by atoms with Crippen LogP contribution < -0.4 is 4.74 Å². The second-order valence-corrected chi connectivity index (χ2v) is 7.56. The minimum atomic E-state index is -4.85. The van der Waals surface area contributed by atoms with E-state index >= 15 is 0 Å². The second kappa shape index (κ2) is 8.80. The number of hydrogen-bond donors (Lipinski definition) is 2. The van der Waals surface area contributed by atoms with Crippen molar-refractivity contribution in [2.24, 2.45) is 4.99 Å². The third kappa shape index (κ3) is 4.96. The molecule has 0 bridgehead atoms. The molecule has 1 unspecified atom stereocenters. The number of fused-ring (bicyclic) bond motifs is 1. The molecule has 0 radical (unpaired) electrons. The molecule has 1 atom stereocenters. The first-order valence-corrected chi connectivity index (χ1v) is 10.1. The number of benzene rings is 1. The average molecular weight is 437 g/mol. The molecule has 166 valence electrons. The molecule has 1 saturated heterocycles. The normalized spacial score (nSPS) is 20.9. The van der Waals surface area contributed by atoms with E-state index in [1.54, 1.807) is 0 Å². The van der Waals surface area contributed by atoms with Crippen LogP contribution in [0.1, 0.15) is 36.8 Å². The number of rotatable bonds is 3. The summed E-state index contributed by atoms with van der Waals surface area (Å²) in [6.07, 6.45) is -0.884. The van der Waals surface area contributed by atoms with Crippen LogP contribution in [-0.4, -0.2) is 51.8 Å². The molecule has 10 heteroatoms. The van der Waals surface area contributed by atoms with Gasteiger partial charge >= 0.3 is 6.36 Å². The fourth-order valence-electron chi connectivity index (χ4n) is 3.92. The van der Waals surface area contributed by atoms with E-state index < -0.39 is 18.2 Å². The lowest BCUT2D eigenvalue weighted by atomic mass is 9.97. The van der Waals surface area contributed by atoms with Crippen molar-refractivity contribution in [3.05, 3.63) is 29.3 Å². The summed E-state index contributed by atoms with van der Waals surface area (Å²) in [4.78, 5) is 4.57. The fraction of sp³-hybridized carbons (Fsp3) is 0.476. The number of aromatic hydroxyl groups is 1. The van der Waals surface area contributed by atoms with Crippen molar-refractivity contribution in [2.75, 3.05) is 13.2 Å². The van der Waals surface area contributed by atoms with Crippen LogP contribution in [0.5, 0.6) is 11.5 Å². The van der Waals surface area contributed by atoms with Gasteiger partial charge < -0.3 is 19.7 Å². The molecule has 0 saturated carbocycles. The van der Waals surface area contributed by atoms with Crippen LogP contribution in [0.25, 0.3) is 11.3 Å². The first-order chi connectivity index (χ1) is 14.8. The average Bonchev–Trinajstić information content (AvgIpc) is 2.96. The smallest absolute Gasteiger partial charge is 0.507 e. The molecule has 4 rings (SSSR count). The molecule has 1 aromatic carbocycles. The lowest BCUT2D eigenvalue weighted by Gasteiger charge is -2.20. The maximum Gasteiger partial charge on any atom is 0.573 e. The van der Waals surface area contributed by atoms with Gasteiger partial charge in [0, 0.05) is 23.6 Å². The Morgan fingerprint density at radius 1 is 1.06 bits per heavy atom. The number of aliphatic imine (C=N–C) groups is 1. The molecule has 31 heavy (non-hydrogen) atoms. The zero-order valence-electron chi connectivity index (χ0n) is 16.7. The molecule has 2 aromatic rings. The van der Waals surface area contributed by atoms with Crippen molar-refractivity contribution in [3.8, 4) is 22.8 Å². The molecule has 1 aliphatic carbocycles. The van der Waals surface area contributed by atoms with Crippen molar-refractivity contribution in [3.63, 3.8) is 0 Å². The quantitative estimate of drug-likeness (QED) is 0.708. The molecular weight excluding hydrogens is 415 g/mol. The SMILES string of the molecule is Oc1cc(OC(F)(F)F)ccc1-c1nnc(N=C2CCOCC2O)c2c1CCCCC2. The van der Waals surface area contributed by atoms with Gasteiger partial charge in [0.1, 0.15) is 23.3 Å². The number of phenols is 1. The van der Waals surface area contributed by atoms with E-state index in [9.17, 15) is 23.4 Å². The Morgan fingerprint density at radius 3 is 2.55 bits per heavy atom. The third-order valence-electron chi connectivity index (χ3n) is 5.39. The number of aliphatic hydroxyl groups excluding tert-OH is 1. The van der Waals surface area contributed by atoms with Crippen molar-refractivity contribution in [2.45, 2.75) is 51.0 Å². The highest BCUT2D eigenvalue weighted by Gasteiger charge is 2.31. The number of phenolic OH excluding ortho intramolecular Hbond substituents is 1. The van der Waals surface area contributed by atoms with E-state index in [1.807, 2.05) is 0 Å². The van der Waals surface area contributed by atoms with Crippen LogP contribution in [0.4, 0.5) is 19.0 Å². The Balaban J connectivity index is 1.75. The van der Waals surface area contributed by atoms with Gasteiger partial charge in [0.05, 0.1) is 18.9 Å². The third-order valence-corrected chi connectivity index (χ3v) is 5.39. The molecule has 1 aromatic heterocycles. The van der Waals surface area contributed by atoms with E-state index in [0.29, 0.717) is 43.1 Å². The summed E-state index contributed by atoms with van der Waals surface area (Å²) >= 11 is 0. The van der Waals surface area contributed by atoms with Crippen LogP contribution in [0.3, 0.4) is 0 Å². The molecule has 1 aliphatic heterocycles. The molecule has 1 fully saturated rings. The summed E-state index contributed by atoms with van der Waals surface area (Å²) in [5.74, 6) is -0.446. The maximum absolute atomic E-state index is 12.5. The van der Waals surface area contributed by atoms with Gasteiger partial charge in [-0.2, -0.15) is 0 Å². The summed E-state index contributed by atoms with van der Waals surface area (Å²) in [5, 5.41) is 29.0. The largest absolute Gasteiger partial charge is 0.573 e. The highest BCUT2D eigenvalue weighted by atomic mass is 19.4. The number of halogens is 3. The monoisotopic (exact) mass is 437 g/mol. The molecule has 2 N–H and O–H groups in total. The van der Waals surface area contributed by atoms with E-state index in [2.05, 4.69) is 19.9 Å². The van der Waals surface area contributed by atoms with E-state index in [1.165, 1.54) is 6.07 Å². The molecule has 0 spiro atoms. The highest BCUT2D eigenvalue weighted by Crippen LogP contribution is 2.39. The standard InChI is InChI=1S/C21H22F3N3O4/c22-21(23,24)31-12-6-7-15(17(28)10-12)19-13-4-2-1-3-5-14(13)20(27-26-19)25-16-8-9-30-11-18(16)29/h6-7,10,18,28-29H,1-5,8-9,11H2. The summed E-state index contributed by atoms with van der Waals surface area (Å²) < 4.78 is 46.5. The first-order valence-electron chi connectivity index (χ1n) is 10.1. The van der Waals surface area contributed by atoms with Crippen LogP contribution in [0.2, 0.25) is 0 Å². The van der Waals surface area contributed by atoms with Gasteiger partial charge in [0.25, 0.3) is 0 Å². The zero-order chi connectivity index (χ0) is 22.0. The van der Waals surface area contributed by atoms with Crippen LogP contribution >= 0.6 is 0 Å². The zero-order valence-corrected chi connectivity index (χ0v) is 16.7. The number of alkyl halides is 3. The van der Waals surface area contributed by atoms with Crippen molar-refractivity contribution in [1.82, 2.24) is 10.2 Å². The molecule has 7 nitrogen and oxygen atoms in total. The van der Waals surface area contributed by atoms with Gasteiger partial charge in [-0.25, -0.2) is 4.99 Å². The minimum absolute atomic E-state index is 0.187. The van der Waals surface area contributed by atoms with Crippen LogP contribution in [0, 0.1) is 0 Å². The van der Waals surface area contributed by atoms with E-state index in [-0.39, 0.29) is 17.9 Å². The minimum Gasteiger partial charge on any atom is -0.507 e. The fourth-order valence-corrected chi connectivity index (χ4v) is 3.92. The maximum atomic E-state index is 12.5. The molecule has 2 aliphatic rings. The van der Waals surface area contributed by atoms with Gasteiger partial charge in [-0.15, -0.1) is 23.4 Å². The molecule has 0 amide bonds. The Bertz CT molecular complexity index is 995. The molecule has 2 heterocycles. The topological polar surface area (TPSA) is 97.1 Å². The van der Waals surface area contributed by atoms with Crippen LogP contribution in [-0.2, 0) is 17.6 Å². The Labute approximate surface area is 176 Å². The second-order valence-electron chi connectivity index (χ2n) is 7.56. The van der Waals surface area contributed by atoms with Gasteiger partial charge in [0.15, 0.2) is 5.82 Å². The van der Waals surface area contributed by atoms with Gasteiger partial charge in [0.2, 0.25) is 0 Å². The van der Waals surface area contributed by atoms with Gasteiger partial charge in [-0.05, 0) is 43.4 Å². The lowest BCUT2D eigenvalue weighted by molar-refractivity contribution is -0.274. The summed E-state index contributed by atoms with van der Waals surface area (Å²) in [6, 6.07) is 3.40. The summed E-state index contributed by atoms with van der Waals surface area (Å²) in [6.45, 7) is 0.663. The summed E-state index contributed by atoms with van der Waals surface area (Å²) in [7, 11) is 0. The van der Waals surface area contributed by atoms with Crippen LogP contribution in [0.15, 0.2) is 23.2 Å². The van der Waals surface area contributed by atoms with Crippen molar-refractivity contribution >= 4 is 11.5 Å². The predicted octanol–water partition coefficient (Wildman–Crippen LogP) is 3.87. The van der Waals surface area contributed by atoms with E-state index in [0.717, 1.165) is 42.5 Å². The summed E-state index contributed by atoms with van der Waals surface area (Å²) in [5.41, 5.74) is 3.06. The first kappa shape index (κ1) is 21.5. The van der Waals surface area contributed by atoms with E-state index in [4.69, 9.17) is 4.74 Å². The van der Waals surface area contributed by atoms with Gasteiger partial charge in [-0.3, -0.25) is 0 Å². The number of aliphatic hydroxyl groups is 1. The lowest BCUT2D eigenvalue weighted by Crippen LogP contribution is -2.32. The Morgan fingerprint density at radius 2 is 1.84 bits per heavy atom.